The third kappa shape index (κ3) is 3.64. The average molecular weight is 362 g/mol. The topological polar surface area (TPSA) is 55.2 Å². The molecule has 2 fully saturated rings. The lowest BCUT2D eigenvalue weighted by Crippen LogP contribution is -2.60. The predicted molar refractivity (Wildman–Crippen MR) is 94.9 cm³/mol. The van der Waals surface area contributed by atoms with Crippen LogP contribution >= 0.6 is 11.3 Å². The summed E-state index contributed by atoms with van der Waals surface area (Å²) in [5.74, 6) is -0.0447. The van der Waals surface area contributed by atoms with Gasteiger partial charge in [-0.1, -0.05) is 0 Å². The van der Waals surface area contributed by atoms with Gasteiger partial charge in [-0.2, -0.15) is 0 Å². The van der Waals surface area contributed by atoms with Crippen LogP contribution in [-0.2, 0) is 20.8 Å². The highest BCUT2D eigenvalue weighted by atomic mass is 32.1. The van der Waals surface area contributed by atoms with Gasteiger partial charge in [-0.15, -0.1) is 11.3 Å². The fourth-order valence-electron chi connectivity index (χ4n) is 3.45. The summed E-state index contributed by atoms with van der Waals surface area (Å²) < 4.78 is 17.0. The lowest BCUT2D eigenvalue weighted by Gasteiger charge is -2.42. The van der Waals surface area contributed by atoms with E-state index in [2.05, 4.69) is 24.0 Å². The molecule has 2 aromatic heterocycles. The number of thiophene rings is 1. The molecule has 0 bridgehead atoms. The van der Waals surface area contributed by atoms with Crippen molar-refractivity contribution in [2.45, 2.75) is 19.1 Å². The molecule has 2 aromatic rings. The number of hydrogen-bond donors (Lipinski definition) is 0. The first-order chi connectivity index (χ1) is 12.1. The molecule has 2 aliphatic rings. The molecule has 0 N–H and O–H groups in total. The first kappa shape index (κ1) is 16.8. The monoisotopic (exact) mass is 362 g/mol. The van der Waals surface area contributed by atoms with Crippen LogP contribution in [0.25, 0.3) is 0 Å². The first-order valence-corrected chi connectivity index (χ1v) is 9.27. The van der Waals surface area contributed by atoms with E-state index in [4.69, 9.17) is 13.9 Å². The number of nitrogens with zero attached hydrogens (tertiary/aromatic N) is 2. The van der Waals surface area contributed by atoms with Crippen molar-refractivity contribution in [3.8, 4) is 0 Å². The van der Waals surface area contributed by atoms with E-state index in [1.165, 1.54) is 9.75 Å². The molecular weight excluding hydrogens is 340 g/mol. The van der Waals surface area contributed by atoms with Crippen LogP contribution in [0, 0.1) is 6.92 Å². The Kier molecular flexibility index (Phi) is 4.64. The molecule has 0 radical (unpaired) electrons. The molecule has 1 amide bonds. The van der Waals surface area contributed by atoms with Crippen LogP contribution in [0.3, 0.4) is 0 Å². The Bertz CT molecular complexity index is 729. The van der Waals surface area contributed by atoms with Crippen molar-refractivity contribution in [3.05, 3.63) is 40.5 Å². The van der Waals surface area contributed by atoms with E-state index in [9.17, 15) is 4.79 Å². The second kappa shape index (κ2) is 6.92. The third-order valence-electron chi connectivity index (χ3n) is 4.67. The van der Waals surface area contributed by atoms with E-state index in [1.807, 2.05) is 11.3 Å². The fraction of sp³-hybridized carbons (Fsp3) is 0.500. The van der Waals surface area contributed by atoms with Crippen LogP contribution in [0.5, 0.6) is 0 Å². The normalized spacial score (nSPS) is 25.5. The summed E-state index contributed by atoms with van der Waals surface area (Å²) >= 11 is 1.82. The van der Waals surface area contributed by atoms with Crippen molar-refractivity contribution in [3.63, 3.8) is 0 Å². The lowest BCUT2D eigenvalue weighted by atomic mass is 10.0. The van der Waals surface area contributed by atoms with Crippen molar-refractivity contribution in [2.24, 2.45) is 0 Å². The third-order valence-corrected chi connectivity index (χ3v) is 5.66. The molecule has 7 heteroatoms. The molecule has 0 aliphatic carbocycles. The summed E-state index contributed by atoms with van der Waals surface area (Å²) in [6.45, 7) is 6.33. The Morgan fingerprint density at radius 1 is 1.28 bits per heavy atom. The minimum absolute atomic E-state index is 0.0447. The molecule has 2 saturated heterocycles. The van der Waals surface area contributed by atoms with E-state index in [0.29, 0.717) is 19.8 Å². The van der Waals surface area contributed by atoms with Crippen LogP contribution in [-0.4, -0.2) is 55.9 Å². The maximum absolute atomic E-state index is 12.3. The standard InChI is InChI=1S/C18H22N2O4S/c1-14-2-3-16(25-14)8-19-5-7-23-13-18(11-19)12-20(17(21)10-24-18)15-4-6-22-9-15/h2-4,6,9H,5,7-8,10-13H2,1H3. The molecule has 4 heterocycles. The Labute approximate surface area is 150 Å². The van der Waals surface area contributed by atoms with E-state index in [1.54, 1.807) is 23.5 Å². The van der Waals surface area contributed by atoms with E-state index >= 15 is 0 Å². The second-order valence-electron chi connectivity index (χ2n) is 6.71. The molecule has 25 heavy (non-hydrogen) atoms. The minimum Gasteiger partial charge on any atom is -0.470 e. The molecule has 0 saturated carbocycles. The van der Waals surface area contributed by atoms with Gasteiger partial charge in [-0.25, -0.2) is 0 Å². The fourth-order valence-corrected chi connectivity index (χ4v) is 4.39. The highest BCUT2D eigenvalue weighted by Gasteiger charge is 2.43. The van der Waals surface area contributed by atoms with Gasteiger partial charge in [0.15, 0.2) is 0 Å². The summed E-state index contributed by atoms with van der Waals surface area (Å²) in [4.78, 5) is 19.1. The van der Waals surface area contributed by atoms with E-state index in [0.717, 1.165) is 25.3 Å². The number of furan rings is 1. The number of carbonyl (C=O) groups excluding carboxylic acids is 1. The highest BCUT2D eigenvalue weighted by molar-refractivity contribution is 7.11. The number of morpholine rings is 1. The van der Waals surface area contributed by atoms with E-state index in [-0.39, 0.29) is 12.5 Å². The van der Waals surface area contributed by atoms with Crippen LogP contribution in [0.4, 0.5) is 5.69 Å². The number of amides is 1. The number of rotatable bonds is 3. The van der Waals surface area contributed by atoms with Crippen LogP contribution in [0.1, 0.15) is 9.75 Å². The van der Waals surface area contributed by atoms with Gasteiger partial charge in [0.2, 0.25) is 0 Å². The van der Waals surface area contributed by atoms with Crippen molar-refractivity contribution in [1.29, 1.82) is 0 Å². The van der Waals surface area contributed by atoms with Gasteiger partial charge in [0, 0.05) is 35.5 Å². The zero-order valence-corrected chi connectivity index (χ0v) is 15.1. The van der Waals surface area contributed by atoms with Crippen molar-refractivity contribution < 1.29 is 18.7 Å². The van der Waals surface area contributed by atoms with Gasteiger partial charge in [0.25, 0.3) is 5.91 Å². The van der Waals surface area contributed by atoms with Crippen LogP contribution in [0.15, 0.2) is 35.1 Å². The maximum atomic E-state index is 12.3. The number of hydrogen-bond acceptors (Lipinski definition) is 6. The molecule has 4 rings (SSSR count). The number of carbonyl (C=O) groups is 1. The zero-order chi connectivity index (χ0) is 17.3. The average Bonchev–Trinajstić information content (AvgIpc) is 3.22. The SMILES string of the molecule is Cc1ccc(CN2CCOCC3(C2)CN(c2ccoc2)C(=O)CO3)s1. The number of aryl methyl sites for hydroxylation is 1. The highest BCUT2D eigenvalue weighted by Crippen LogP contribution is 2.28. The number of anilines is 1. The zero-order valence-electron chi connectivity index (χ0n) is 14.3. The maximum Gasteiger partial charge on any atom is 0.253 e. The van der Waals surface area contributed by atoms with Gasteiger partial charge in [0.05, 0.1) is 31.7 Å². The predicted octanol–water partition coefficient (Wildman–Crippen LogP) is 2.28. The first-order valence-electron chi connectivity index (χ1n) is 8.46. The van der Waals surface area contributed by atoms with Crippen LogP contribution in [0.2, 0.25) is 0 Å². The van der Waals surface area contributed by atoms with Gasteiger partial charge < -0.3 is 18.8 Å². The molecule has 1 spiro atoms. The summed E-state index contributed by atoms with van der Waals surface area (Å²) in [7, 11) is 0. The molecule has 1 unspecified atom stereocenters. The van der Waals surface area contributed by atoms with Crippen molar-refractivity contribution >= 4 is 22.9 Å². The van der Waals surface area contributed by atoms with Crippen LogP contribution < -0.4 is 4.90 Å². The van der Waals surface area contributed by atoms with Gasteiger partial charge in [-0.05, 0) is 19.1 Å². The van der Waals surface area contributed by atoms with Gasteiger partial charge in [-0.3, -0.25) is 9.69 Å². The minimum atomic E-state index is -0.506. The Balaban J connectivity index is 1.51. The molecular formula is C18H22N2O4S. The Morgan fingerprint density at radius 2 is 2.20 bits per heavy atom. The molecule has 1 atom stereocenters. The Morgan fingerprint density at radius 3 is 2.96 bits per heavy atom. The Hall–Kier alpha value is -1.67. The molecule has 2 aliphatic heterocycles. The van der Waals surface area contributed by atoms with Crippen molar-refractivity contribution in [1.82, 2.24) is 4.90 Å². The lowest BCUT2D eigenvalue weighted by molar-refractivity contribution is -0.146. The summed E-state index contributed by atoms with van der Waals surface area (Å²) in [5, 5.41) is 0. The second-order valence-corrected chi connectivity index (χ2v) is 8.08. The number of ether oxygens (including phenoxy) is 2. The van der Waals surface area contributed by atoms with E-state index < -0.39 is 5.60 Å². The smallest absolute Gasteiger partial charge is 0.253 e. The summed E-state index contributed by atoms with van der Waals surface area (Å²) in [6, 6.07) is 6.14. The largest absolute Gasteiger partial charge is 0.470 e. The molecule has 0 aromatic carbocycles. The molecule has 134 valence electrons. The molecule has 6 nitrogen and oxygen atoms in total. The summed E-state index contributed by atoms with van der Waals surface area (Å²) in [6.07, 6.45) is 3.18. The van der Waals surface area contributed by atoms with Gasteiger partial charge >= 0.3 is 0 Å². The quantitative estimate of drug-likeness (QED) is 0.839. The summed E-state index contributed by atoms with van der Waals surface area (Å²) in [5.41, 5.74) is 0.269. The van der Waals surface area contributed by atoms with Crippen molar-refractivity contribution in [2.75, 3.05) is 44.4 Å². The van der Waals surface area contributed by atoms with Gasteiger partial charge in [0.1, 0.15) is 18.5 Å².